The molecule has 2 aromatic rings. The highest BCUT2D eigenvalue weighted by Crippen LogP contribution is 2.30. The minimum Gasteiger partial charge on any atom is -0.477 e. The van der Waals surface area contributed by atoms with Crippen molar-refractivity contribution in [1.82, 2.24) is 10.3 Å². The van der Waals surface area contributed by atoms with Gasteiger partial charge >= 0.3 is 5.97 Å². The molecule has 0 unspecified atom stereocenters. The molecule has 3 N–H and O–H groups in total. The molecule has 3 atom stereocenters. The van der Waals surface area contributed by atoms with Crippen LogP contribution in [0.2, 0.25) is 0 Å². The maximum absolute atomic E-state index is 11.6. The SMILES string of the molecule is Cc1ccc2c(CN[C@@H]3CCC[C@H](C)[C@H]3C)c(C(=O)O)[nH]c2c1. The van der Waals surface area contributed by atoms with Crippen LogP contribution in [0.4, 0.5) is 0 Å². The smallest absolute Gasteiger partial charge is 0.352 e. The maximum Gasteiger partial charge on any atom is 0.352 e. The zero-order chi connectivity index (χ0) is 16.6. The molecular formula is C19H26N2O2. The van der Waals surface area contributed by atoms with Gasteiger partial charge in [-0.05, 0) is 36.8 Å². The Kier molecular flexibility index (Phi) is 4.44. The molecule has 1 aliphatic rings. The number of benzene rings is 1. The van der Waals surface area contributed by atoms with Crippen LogP contribution >= 0.6 is 0 Å². The first-order valence-electron chi connectivity index (χ1n) is 8.55. The number of hydrogen-bond acceptors (Lipinski definition) is 2. The van der Waals surface area contributed by atoms with Gasteiger partial charge in [0, 0.05) is 29.1 Å². The molecule has 0 saturated heterocycles. The average Bonchev–Trinajstić information content (AvgIpc) is 2.86. The molecule has 1 fully saturated rings. The Morgan fingerprint density at radius 3 is 2.87 bits per heavy atom. The number of hydrogen-bond donors (Lipinski definition) is 3. The van der Waals surface area contributed by atoms with Crippen LogP contribution in [0, 0.1) is 18.8 Å². The van der Waals surface area contributed by atoms with Crippen molar-refractivity contribution in [2.75, 3.05) is 0 Å². The van der Waals surface area contributed by atoms with Crippen LogP contribution in [0.3, 0.4) is 0 Å². The normalized spacial score (nSPS) is 24.9. The van der Waals surface area contributed by atoms with E-state index in [1.54, 1.807) is 0 Å². The lowest BCUT2D eigenvalue weighted by molar-refractivity contribution is 0.0690. The van der Waals surface area contributed by atoms with E-state index in [4.69, 9.17) is 0 Å². The summed E-state index contributed by atoms with van der Waals surface area (Å²) < 4.78 is 0. The highest BCUT2D eigenvalue weighted by Gasteiger charge is 2.27. The molecule has 1 heterocycles. The second-order valence-electron chi connectivity index (χ2n) is 7.09. The first-order valence-corrected chi connectivity index (χ1v) is 8.55. The maximum atomic E-state index is 11.6. The summed E-state index contributed by atoms with van der Waals surface area (Å²) in [5.74, 6) is 0.469. The number of aromatic nitrogens is 1. The number of rotatable bonds is 4. The topological polar surface area (TPSA) is 65.1 Å². The molecule has 1 saturated carbocycles. The molecule has 4 heteroatoms. The number of aryl methyl sites for hydroxylation is 1. The third-order valence-electron chi connectivity index (χ3n) is 5.52. The van der Waals surface area contributed by atoms with E-state index in [-0.39, 0.29) is 0 Å². The van der Waals surface area contributed by atoms with Crippen LogP contribution in [0.15, 0.2) is 18.2 Å². The van der Waals surface area contributed by atoms with E-state index in [9.17, 15) is 9.90 Å². The zero-order valence-electron chi connectivity index (χ0n) is 14.1. The van der Waals surface area contributed by atoms with E-state index >= 15 is 0 Å². The Morgan fingerprint density at radius 1 is 1.35 bits per heavy atom. The van der Waals surface area contributed by atoms with Crippen molar-refractivity contribution in [3.63, 3.8) is 0 Å². The molecule has 0 radical (unpaired) electrons. The van der Waals surface area contributed by atoms with Crippen LogP contribution in [-0.4, -0.2) is 22.1 Å². The van der Waals surface area contributed by atoms with Gasteiger partial charge in [-0.2, -0.15) is 0 Å². The van der Waals surface area contributed by atoms with Gasteiger partial charge in [0.1, 0.15) is 5.69 Å². The molecule has 1 aromatic carbocycles. The van der Waals surface area contributed by atoms with Crippen molar-refractivity contribution in [1.29, 1.82) is 0 Å². The fraction of sp³-hybridized carbons (Fsp3) is 0.526. The van der Waals surface area contributed by atoms with Crippen molar-refractivity contribution >= 4 is 16.9 Å². The molecule has 0 aliphatic heterocycles. The fourth-order valence-corrected chi connectivity index (χ4v) is 3.84. The molecule has 124 valence electrons. The molecule has 1 aliphatic carbocycles. The fourth-order valence-electron chi connectivity index (χ4n) is 3.84. The summed E-state index contributed by atoms with van der Waals surface area (Å²) >= 11 is 0. The van der Waals surface area contributed by atoms with Crippen LogP contribution in [0.5, 0.6) is 0 Å². The molecule has 0 spiro atoms. The summed E-state index contributed by atoms with van der Waals surface area (Å²) in [5.41, 5.74) is 3.22. The monoisotopic (exact) mass is 314 g/mol. The lowest BCUT2D eigenvalue weighted by Crippen LogP contribution is -2.40. The second-order valence-corrected chi connectivity index (χ2v) is 7.09. The lowest BCUT2D eigenvalue weighted by Gasteiger charge is -2.34. The van der Waals surface area contributed by atoms with Gasteiger partial charge in [-0.1, -0.05) is 38.8 Å². The van der Waals surface area contributed by atoms with Gasteiger partial charge in [0.25, 0.3) is 0 Å². The Hall–Kier alpha value is -1.81. The summed E-state index contributed by atoms with van der Waals surface area (Å²) in [7, 11) is 0. The van der Waals surface area contributed by atoms with E-state index in [0.29, 0.717) is 24.2 Å². The number of fused-ring (bicyclic) bond motifs is 1. The van der Waals surface area contributed by atoms with Crippen molar-refractivity contribution in [3.05, 3.63) is 35.0 Å². The Labute approximate surface area is 137 Å². The van der Waals surface area contributed by atoms with Crippen molar-refractivity contribution in [2.45, 2.75) is 52.6 Å². The molecule has 3 rings (SSSR count). The van der Waals surface area contributed by atoms with Gasteiger partial charge in [-0.15, -0.1) is 0 Å². The van der Waals surface area contributed by atoms with Crippen LogP contribution in [0.1, 0.15) is 54.7 Å². The number of H-pyrrole nitrogens is 1. The van der Waals surface area contributed by atoms with E-state index < -0.39 is 5.97 Å². The molecule has 1 aromatic heterocycles. The third kappa shape index (κ3) is 3.13. The Morgan fingerprint density at radius 2 is 2.13 bits per heavy atom. The lowest BCUT2D eigenvalue weighted by atomic mass is 9.78. The largest absolute Gasteiger partial charge is 0.477 e. The summed E-state index contributed by atoms with van der Waals surface area (Å²) in [5, 5.41) is 14.1. The van der Waals surface area contributed by atoms with Crippen molar-refractivity contribution in [3.8, 4) is 0 Å². The van der Waals surface area contributed by atoms with Gasteiger partial charge in [0.15, 0.2) is 0 Å². The summed E-state index contributed by atoms with van der Waals surface area (Å²) in [6, 6.07) is 6.54. The predicted octanol–water partition coefficient (Wildman–Crippen LogP) is 4.09. The van der Waals surface area contributed by atoms with Gasteiger partial charge in [0.05, 0.1) is 0 Å². The van der Waals surface area contributed by atoms with Crippen LogP contribution < -0.4 is 5.32 Å². The molecular weight excluding hydrogens is 288 g/mol. The first kappa shape index (κ1) is 16.1. The second kappa shape index (κ2) is 6.36. The van der Waals surface area contributed by atoms with Crippen molar-refractivity contribution in [2.24, 2.45) is 11.8 Å². The number of carboxylic acids is 1. The van der Waals surface area contributed by atoms with E-state index in [1.807, 2.05) is 25.1 Å². The third-order valence-corrected chi connectivity index (χ3v) is 5.52. The van der Waals surface area contributed by atoms with Gasteiger partial charge < -0.3 is 15.4 Å². The van der Waals surface area contributed by atoms with Gasteiger partial charge in [0.2, 0.25) is 0 Å². The first-order chi connectivity index (χ1) is 11.0. The van der Waals surface area contributed by atoms with Crippen LogP contribution in [-0.2, 0) is 6.54 Å². The zero-order valence-corrected chi connectivity index (χ0v) is 14.1. The number of aromatic carboxylic acids is 1. The average molecular weight is 314 g/mol. The predicted molar refractivity (Wildman–Crippen MR) is 92.8 cm³/mol. The van der Waals surface area contributed by atoms with E-state index in [0.717, 1.165) is 27.9 Å². The number of nitrogens with one attached hydrogen (secondary N) is 2. The highest BCUT2D eigenvalue weighted by molar-refractivity contribution is 5.97. The summed E-state index contributed by atoms with van der Waals surface area (Å²) in [4.78, 5) is 14.7. The quantitative estimate of drug-likeness (QED) is 0.796. The summed E-state index contributed by atoms with van der Waals surface area (Å²) in [6.45, 7) is 7.24. The summed E-state index contributed by atoms with van der Waals surface area (Å²) in [6.07, 6.45) is 3.73. The Balaban J connectivity index is 1.86. The van der Waals surface area contributed by atoms with Crippen molar-refractivity contribution < 1.29 is 9.90 Å². The van der Waals surface area contributed by atoms with Crippen LogP contribution in [0.25, 0.3) is 10.9 Å². The minimum absolute atomic E-state index is 0.314. The van der Waals surface area contributed by atoms with E-state index in [1.165, 1.54) is 19.3 Å². The highest BCUT2D eigenvalue weighted by atomic mass is 16.4. The number of aromatic amines is 1. The number of carboxylic acid groups (broad SMARTS) is 1. The number of carbonyl (C=O) groups is 1. The molecule has 23 heavy (non-hydrogen) atoms. The van der Waals surface area contributed by atoms with Gasteiger partial charge in [-0.25, -0.2) is 4.79 Å². The molecule has 0 bridgehead atoms. The standard InChI is InChI=1S/C19H26N2O2/c1-11-7-8-14-15(18(19(22)23)21-17(14)9-11)10-20-16-6-4-5-12(2)13(16)3/h7-9,12-13,16,20-21H,4-6,10H2,1-3H3,(H,22,23)/t12-,13+,16+/m0/s1. The molecule has 4 nitrogen and oxygen atoms in total. The van der Waals surface area contributed by atoms with Gasteiger partial charge in [-0.3, -0.25) is 0 Å². The molecule has 0 amide bonds. The minimum atomic E-state index is -0.888. The van der Waals surface area contributed by atoms with E-state index in [2.05, 4.69) is 24.1 Å². The Bertz CT molecular complexity index is 719.